The molecular formula is C20H24N2O3. The number of carbonyl (C=O) groups excluding carboxylic acids is 1. The molecule has 2 heterocycles. The van der Waals surface area contributed by atoms with Crippen LogP contribution in [0.15, 0.2) is 42.0 Å². The molecule has 5 nitrogen and oxygen atoms in total. The Morgan fingerprint density at radius 2 is 2.04 bits per heavy atom. The van der Waals surface area contributed by atoms with Gasteiger partial charge in [0.1, 0.15) is 12.2 Å². The number of rotatable bonds is 2. The molecule has 1 aromatic rings. The fourth-order valence-electron chi connectivity index (χ4n) is 2.93. The highest BCUT2D eigenvalue weighted by Gasteiger charge is 2.33. The van der Waals surface area contributed by atoms with Gasteiger partial charge in [-0.1, -0.05) is 48.2 Å². The smallest absolute Gasteiger partial charge is 0.410 e. The van der Waals surface area contributed by atoms with Crippen molar-refractivity contribution in [1.82, 2.24) is 10.2 Å². The highest BCUT2D eigenvalue weighted by atomic mass is 16.6. The summed E-state index contributed by atoms with van der Waals surface area (Å²) in [5.41, 5.74) is 1.03. The topological polar surface area (TPSA) is 61.8 Å². The molecule has 0 spiro atoms. The maximum absolute atomic E-state index is 12.2. The van der Waals surface area contributed by atoms with Crippen LogP contribution in [0.25, 0.3) is 0 Å². The monoisotopic (exact) mass is 340 g/mol. The van der Waals surface area contributed by atoms with E-state index in [0.29, 0.717) is 25.9 Å². The zero-order valence-corrected chi connectivity index (χ0v) is 14.3. The van der Waals surface area contributed by atoms with Gasteiger partial charge in [-0.05, 0) is 12.0 Å². The predicted molar refractivity (Wildman–Crippen MR) is 95.7 cm³/mol. The van der Waals surface area contributed by atoms with Crippen molar-refractivity contribution in [2.24, 2.45) is 0 Å². The number of aliphatic hydroxyl groups is 1. The van der Waals surface area contributed by atoms with E-state index in [9.17, 15) is 9.90 Å². The molecule has 2 N–H and O–H groups in total. The molecule has 0 atom stereocenters. The normalized spacial score (nSPS) is 19.4. The number of hydrogen-bond donors (Lipinski definition) is 2. The lowest BCUT2D eigenvalue weighted by Gasteiger charge is -2.34. The molecule has 25 heavy (non-hydrogen) atoms. The van der Waals surface area contributed by atoms with E-state index in [4.69, 9.17) is 4.74 Å². The first-order valence-corrected chi connectivity index (χ1v) is 8.76. The summed E-state index contributed by atoms with van der Waals surface area (Å²) in [4.78, 5) is 13.8. The molecule has 1 aromatic carbocycles. The molecule has 0 aromatic heterocycles. The van der Waals surface area contributed by atoms with Crippen LogP contribution in [0.3, 0.4) is 0 Å². The first-order valence-electron chi connectivity index (χ1n) is 8.76. The van der Waals surface area contributed by atoms with Gasteiger partial charge < -0.3 is 20.1 Å². The van der Waals surface area contributed by atoms with Crippen molar-refractivity contribution in [3.05, 3.63) is 47.5 Å². The van der Waals surface area contributed by atoms with E-state index in [2.05, 4.69) is 23.2 Å². The average Bonchev–Trinajstić information content (AvgIpc) is 2.67. The summed E-state index contributed by atoms with van der Waals surface area (Å²) in [5, 5.41) is 13.9. The first kappa shape index (κ1) is 17.5. The first-order chi connectivity index (χ1) is 12.1. The number of likely N-dealkylation sites (tertiary alicyclic amines) is 1. The maximum Gasteiger partial charge on any atom is 0.410 e. The molecule has 132 valence electrons. The Balaban J connectivity index is 1.48. The second-order valence-corrected chi connectivity index (χ2v) is 6.49. The molecule has 0 saturated carbocycles. The predicted octanol–water partition coefficient (Wildman–Crippen LogP) is 2.07. The number of carbonyl (C=O) groups is 1. The van der Waals surface area contributed by atoms with Crippen LogP contribution in [-0.4, -0.2) is 47.9 Å². The van der Waals surface area contributed by atoms with Crippen LogP contribution < -0.4 is 5.32 Å². The third-order valence-electron chi connectivity index (χ3n) is 4.57. The summed E-state index contributed by atoms with van der Waals surface area (Å²) in [7, 11) is 0. The van der Waals surface area contributed by atoms with Gasteiger partial charge in [0.25, 0.3) is 0 Å². The van der Waals surface area contributed by atoms with Crippen molar-refractivity contribution in [3.63, 3.8) is 0 Å². The van der Waals surface area contributed by atoms with Crippen LogP contribution >= 0.6 is 0 Å². The molecule has 0 radical (unpaired) electrons. The summed E-state index contributed by atoms with van der Waals surface area (Å²) in [6.45, 7) is 2.95. The largest absolute Gasteiger partial charge is 0.445 e. The fourth-order valence-corrected chi connectivity index (χ4v) is 2.93. The highest BCUT2D eigenvalue weighted by Crippen LogP contribution is 2.22. The van der Waals surface area contributed by atoms with Gasteiger partial charge >= 0.3 is 6.09 Å². The van der Waals surface area contributed by atoms with Gasteiger partial charge in [-0.25, -0.2) is 4.79 Å². The van der Waals surface area contributed by atoms with Crippen LogP contribution in [0.4, 0.5) is 4.79 Å². The second-order valence-electron chi connectivity index (χ2n) is 6.49. The van der Waals surface area contributed by atoms with E-state index in [1.54, 1.807) is 4.90 Å². The lowest BCUT2D eigenvalue weighted by atomic mass is 9.91. The third kappa shape index (κ3) is 5.09. The van der Waals surface area contributed by atoms with Crippen molar-refractivity contribution >= 4 is 6.09 Å². The summed E-state index contributed by atoms with van der Waals surface area (Å²) in [5.74, 6) is 6.12. The summed E-state index contributed by atoms with van der Waals surface area (Å²) >= 11 is 0. The zero-order valence-electron chi connectivity index (χ0n) is 14.3. The Morgan fingerprint density at radius 1 is 1.28 bits per heavy atom. The molecule has 0 unspecified atom stereocenters. The van der Waals surface area contributed by atoms with E-state index >= 15 is 0 Å². The van der Waals surface area contributed by atoms with Gasteiger partial charge in [0.05, 0.1) is 0 Å². The quantitative estimate of drug-likeness (QED) is 0.809. The Labute approximate surface area is 148 Å². The highest BCUT2D eigenvalue weighted by molar-refractivity contribution is 5.67. The number of nitrogens with one attached hydrogen (secondary N) is 1. The van der Waals surface area contributed by atoms with Crippen molar-refractivity contribution < 1.29 is 14.6 Å². The van der Waals surface area contributed by atoms with Crippen molar-refractivity contribution in [2.75, 3.05) is 26.2 Å². The lowest BCUT2D eigenvalue weighted by molar-refractivity contribution is 0.0202. The van der Waals surface area contributed by atoms with Crippen molar-refractivity contribution in [2.45, 2.75) is 31.5 Å². The molecule has 0 aliphatic carbocycles. The van der Waals surface area contributed by atoms with Gasteiger partial charge in [0, 0.05) is 44.6 Å². The fraction of sp³-hybridized carbons (Fsp3) is 0.450. The lowest BCUT2D eigenvalue weighted by Crippen LogP contribution is -2.46. The minimum atomic E-state index is -1.01. The van der Waals surface area contributed by atoms with E-state index < -0.39 is 5.60 Å². The van der Waals surface area contributed by atoms with Gasteiger partial charge in [-0.2, -0.15) is 0 Å². The maximum atomic E-state index is 12.2. The standard InChI is InChI=1S/C20H24N2O3/c23-19(25-16-18-4-2-1-3-5-18)22-14-10-20(24,11-15-22)9-6-17-7-12-21-13-8-17/h1-5,7,21,24H,8,10-16H2. The molecule has 1 amide bonds. The van der Waals surface area contributed by atoms with Gasteiger partial charge in [-0.15, -0.1) is 0 Å². The Morgan fingerprint density at radius 3 is 2.72 bits per heavy atom. The molecule has 2 aliphatic rings. The molecule has 3 rings (SSSR count). The number of hydrogen-bond acceptors (Lipinski definition) is 4. The molecule has 0 bridgehead atoms. The number of ether oxygens (including phenoxy) is 1. The summed E-state index contributed by atoms with van der Waals surface area (Å²) in [6.07, 6.45) is 3.54. The number of piperidine rings is 1. The Kier molecular flexibility index (Phi) is 5.75. The average molecular weight is 340 g/mol. The number of nitrogens with zero attached hydrogens (tertiary/aromatic N) is 1. The second kappa shape index (κ2) is 8.19. The van der Waals surface area contributed by atoms with Gasteiger partial charge in [0.15, 0.2) is 0 Å². The van der Waals surface area contributed by atoms with E-state index in [1.165, 1.54) is 0 Å². The van der Waals surface area contributed by atoms with Crippen molar-refractivity contribution in [1.29, 1.82) is 0 Å². The molecule has 2 aliphatic heterocycles. The Hall–Kier alpha value is -2.29. The van der Waals surface area contributed by atoms with Crippen LogP contribution in [0.2, 0.25) is 0 Å². The van der Waals surface area contributed by atoms with E-state index in [1.807, 2.05) is 30.3 Å². The summed E-state index contributed by atoms with van der Waals surface area (Å²) < 4.78 is 5.34. The van der Waals surface area contributed by atoms with Crippen LogP contribution in [0.5, 0.6) is 0 Å². The number of benzene rings is 1. The molecule has 1 fully saturated rings. The minimum absolute atomic E-state index is 0.266. The molecular weight excluding hydrogens is 316 g/mol. The van der Waals surface area contributed by atoms with Crippen LogP contribution in [-0.2, 0) is 11.3 Å². The van der Waals surface area contributed by atoms with Crippen LogP contribution in [0.1, 0.15) is 24.8 Å². The van der Waals surface area contributed by atoms with Gasteiger partial charge in [0.2, 0.25) is 0 Å². The van der Waals surface area contributed by atoms with E-state index in [0.717, 1.165) is 30.6 Å². The zero-order chi connectivity index (χ0) is 17.5. The number of amides is 1. The van der Waals surface area contributed by atoms with Crippen LogP contribution in [0, 0.1) is 11.8 Å². The molecule has 5 heteroatoms. The van der Waals surface area contributed by atoms with Crippen molar-refractivity contribution in [3.8, 4) is 11.8 Å². The third-order valence-corrected chi connectivity index (χ3v) is 4.57. The molecule has 1 saturated heterocycles. The minimum Gasteiger partial charge on any atom is -0.445 e. The SMILES string of the molecule is O=C(OCc1ccccc1)N1CCC(O)(C#CC2=CCNCC2)CC1. The Bertz CT molecular complexity index is 680. The van der Waals surface area contributed by atoms with E-state index in [-0.39, 0.29) is 12.7 Å². The van der Waals surface area contributed by atoms with Gasteiger partial charge in [-0.3, -0.25) is 0 Å². The summed E-state index contributed by atoms with van der Waals surface area (Å²) in [6, 6.07) is 9.61.